The van der Waals surface area contributed by atoms with Crippen LogP contribution in [0.3, 0.4) is 0 Å². The lowest BCUT2D eigenvalue weighted by molar-refractivity contribution is -0.146. The topological polar surface area (TPSA) is 38.3 Å². The molecule has 0 bridgehead atoms. The maximum absolute atomic E-state index is 12.0. The number of esters is 1. The number of hydrogen-bond donors (Lipinski definition) is 1. The lowest BCUT2D eigenvalue weighted by Gasteiger charge is -2.26. The van der Waals surface area contributed by atoms with Gasteiger partial charge < -0.3 is 10.1 Å². The molecule has 1 N–H and O–H groups in total. The molecule has 1 saturated heterocycles. The van der Waals surface area contributed by atoms with Crippen LogP contribution in [-0.2, 0) is 14.9 Å². The summed E-state index contributed by atoms with van der Waals surface area (Å²) in [5, 5.41) is 3.79. The zero-order chi connectivity index (χ0) is 12.5. The van der Waals surface area contributed by atoms with E-state index in [1.807, 2.05) is 12.1 Å². The minimum Gasteiger partial charge on any atom is -0.468 e. The van der Waals surface area contributed by atoms with Crippen molar-refractivity contribution in [2.45, 2.75) is 11.8 Å². The predicted octanol–water partition coefficient (Wildman–Crippen LogP) is 2.93. The van der Waals surface area contributed by atoms with E-state index in [4.69, 9.17) is 16.3 Å². The van der Waals surface area contributed by atoms with E-state index in [1.54, 1.807) is 6.07 Å². The van der Waals surface area contributed by atoms with Crippen LogP contribution in [0.5, 0.6) is 0 Å². The second-order valence-corrected chi connectivity index (χ2v) is 5.45. The molecule has 0 amide bonds. The van der Waals surface area contributed by atoms with E-state index in [-0.39, 0.29) is 18.4 Å². The van der Waals surface area contributed by atoms with Gasteiger partial charge in [-0.05, 0) is 30.7 Å². The molecular weight excluding hydrogens is 341 g/mol. The van der Waals surface area contributed by atoms with Crippen LogP contribution in [0.4, 0.5) is 0 Å². The first-order valence-corrected chi connectivity index (χ1v) is 6.52. The largest absolute Gasteiger partial charge is 0.468 e. The molecule has 0 aromatic heterocycles. The van der Waals surface area contributed by atoms with Crippen LogP contribution in [0.1, 0.15) is 12.0 Å². The molecule has 1 aromatic carbocycles. The summed E-state index contributed by atoms with van der Waals surface area (Å²) in [4.78, 5) is 12.0. The standard InChI is InChI=1S/C12H13BrClNO2.ClH/c1-17-11(16)12(4-5-15-7-12)9-3-2-8(13)6-10(9)14;/h2-3,6,15H,4-5,7H2,1H3;1H. The van der Waals surface area contributed by atoms with Gasteiger partial charge in [0, 0.05) is 16.0 Å². The molecule has 0 radical (unpaired) electrons. The Morgan fingerprint density at radius 1 is 1.56 bits per heavy atom. The smallest absolute Gasteiger partial charge is 0.317 e. The second-order valence-electron chi connectivity index (χ2n) is 4.12. The Hall–Kier alpha value is -0.290. The Kier molecular flexibility index (Phi) is 5.46. The molecule has 18 heavy (non-hydrogen) atoms. The Bertz CT molecular complexity index is 448. The Morgan fingerprint density at radius 2 is 2.28 bits per heavy atom. The maximum Gasteiger partial charge on any atom is 0.317 e. The van der Waals surface area contributed by atoms with Crippen molar-refractivity contribution < 1.29 is 9.53 Å². The molecule has 1 unspecified atom stereocenters. The SMILES string of the molecule is COC(=O)C1(c2ccc(Br)cc2Cl)CCNC1.Cl. The van der Waals surface area contributed by atoms with Gasteiger partial charge in [0.2, 0.25) is 0 Å². The van der Waals surface area contributed by atoms with Crippen LogP contribution in [0.2, 0.25) is 5.02 Å². The fourth-order valence-electron chi connectivity index (χ4n) is 2.28. The van der Waals surface area contributed by atoms with Crippen molar-refractivity contribution in [3.8, 4) is 0 Å². The third-order valence-corrected chi connectivity index (χ3v) is 3.98. The molecule has 1 fully saturated rings. The third-order valence-electron chi connectivity index (χ3n) is 3.18. The quantitative estimate of drug-likeness (QED) is 0.830. The summed E-state index contributed by atoms with van der Waals surface area (Å²) in [6, 6.07) is 5.58. The monoisotopic (exact) mass is 353 g/mol. The third kappa shape index (κ3) is 2.67. The summed E-state index contributed by atoms with van der Waals surface area (Å²) in [5.41, 5.74) is 0.186. The Balaban J connectivity index is 0.00000162. The zero-order valence-corrected chi connectivity index (χ0v) is 13.0. The Labute approximate surface area is 126 Å². The summed E-state index contributed by atoms with van der Waals surface area (Å²) < 4.78 is 5.83. The second kappa shape index (κ2) is 6.24. The van der Waals surface area contributed by atoms with Crippen molar-refractivity contribution in [3.63, 3.8) is 0 Å². The van der Waals surface area contributed by atoms with E-state index in [1.165, 1.54) is 7.11 Å². The van der Waals surface area contributed by atoms with Gasteiger partial charge in [-0.2, -0.15) is 0 Å². The van der Waals surface area contributed by atoms with Crippen molar-refractivity contribution in [2.75, 3.05) is 20.2 Å². The number of rotatable bonds is 2. The van der Waals surface area contributed by atoms with Crippen LogP contribution in [0.25, 0.3) is 0 Å². The van der Waals surface area contributed by atoms with E-state index in [0.29, 0.717) is 18.0 Å². The molecule has 1 aliphatic heterocycles. The van der Waals surface area contributed by atoms with Gasteiger partial charge in [0.25, 0.3) is 0 Å². The van der Waals surface area contributed by atoms with E-state index in [2.05, 4.69) is 21.2 Å². The molecule has 2 rings (SSSR count). The van der Waals surface area contributed by atoms with Crippen LogP contribution in [-0.4, -0.2) is 26.2 Å². The average Bonchev–Trinajstić information content (AvgIpc) is 2.78. The summed E-state index contributed by atoms with van der Waals surface area (Å²) in [6.45, 7) is 1.36. The number of halogens is 3. The molecule has 3 nitrogen and oxygen atoms in total. The normalized spacial score (nSPS) is 22.4. The van der Waals surface area contributed by atoms with Crippen LogP contribution < -0.4 is 5.32 Å². The summed E-state index contributed by atoms with van der Waals surface area (Å²) in [5.74, 6) is -0.230. The van der Waals surface area contributed by atoms with Crippen molar-refractivity contribution in [1.82, 2.24) is 5.32 Å². The molecular formula is C12H14BrCl2NO2. The molecule has 1 aromatic rings. The fraction of sp³-hybridized carbons (Fsp3) is 0.417. The van der Waals surface area contributed by atoms with Gasteiger partial charge >= 0.3 is 5.97 Å². The van der Waals surface area contributed by atoms with Crippen molar-refractivity contribution in [2.24, 2.45) is 0 Å². The highest BCUT2D eigenvalue weighted by atomic mass is 79.9. The van der Waals surface area contributed by atoms with Crippen LogP contribution in [0.15, 0.2) is 22.7 Å². The number of nitrogens with one attached hydrogen (secondary N) is 1. The first kappa shape index (κ1) is 15.8. The van der Waals surface area contributed by atoms with Crippen molar-refractivity contribution in [1.29, 1.82) is 0 Å². The number of methoxy groups -OCH3 is 1. The minimum atomic E-state index is -0.646. The van der Waals surface area contributed by atoms with Gasteiger partial charge in [-0.25, -0.2) is 0 Å². The minimum absolute atomic E-state index is 0. The molecule has 1 aliphatic rings. The Morgan fingerprint density at radius 3 is 2.78 bits per heavy atom. The first-order chi connectivity index (χ1) is 8.10. The maximum atomic E-state index is 12.0. The first-order valence-electron chi connectivity index (χ1n) is 5.35. The number of ether oxygens (including phenoxy) is 1. The van der Waals surface area contributed by atoms with Gasteiger partial charge in [-0.3, -0.25) is 4.79 Å². The highest BCUT2D eigenvalue weighted by Gasteiger charge is 2.45. The van der Waals surface area contributed by atoms with E-state index >= 15 is 0 Å². The lowest BCUT2D eigenvalue weighted by Crippen LogP contribution is -2.39. The number of carbonyl (C=O) groups is 1. The lowest BCUT2D eigenvalue weighted by atomic mass is 9.79. The molecule has 1 heterocycles. The van der Waals surface area contributed by atoms with Gasteiger partial charge in [-0.1, -0.05) is 33.6 Å². The molecule has 100 valence electrons. The van der Waals surface area contributed by atoms with Gasteiger partial charge in [0.05, 0.1) is 7.11 Å². The van der Waals surface area contributed by atoms with Gasteiger partial charge in [0.1, 0.15) is 5.41 Å². The van der Waals surface area contributed by atoms with E-state index in [9.17, 15) is 4.79 Å². The van der Waals surface area contributed by atoms with Gasteiger partial charge in [0.15, 0.2) is 0 Å². The average molecular weight is 355 g/mol. The van der Waals surface area contributed by atoms with Gasteiger partial charge in [-0.15, -0.1) is 12.4 Å². The van der Waals surface area contributed by atoms with E-state index < -0.39 is 5.41 Å². The van der Waals surface area contributed by atoms with Crippen molar-refractivity contribution >= 4 is 45.9 Å². The molecule has 0 spiro atoms. The molecule has 6 heteroatoms. The highest BCUT2D eigenvalue weighted by molar-refractivity contribution is 9.10. The summed E-state index contributed by atoms with van der Waals surface area (Å²) in [6.07, 6.45) is 0.709. The molecule has 1 atom stereocenters. The number of carbonyl (C=O) groups excluding carboxylic acids is 1. The number of hydrogen-bond acceptors (Lipinski definition) is 3. The predicted molar refractivity (Wildman–Crippen MR) is 77.6 cm³/mol. The highest BCUT2D eigenvalue weighted by Crippen LogP contribution is 2.37. The van der Waals surface area contributed by atoms with Crippen LogP contribution in [0, 0.1) is 0 Å². The summed E-state index contributed by atoms with van der Waals surface area (Å²) >= 11 is 9.59. The molecule has 0 aliphatic carbocycles. The fourth-order valence-corrected chi connectivity index (χ4v) is 3.13. The number of benzene rings is 1. The zero-order valence-electron chi connectivity index (χ0n) is 9.83. The summed E-state index contributed by atoms with van der Waals surface area (Å²) in [7, 11) is 1.41. The van der Waals surface area contributed by atoms with E-state index in [0.717, 1.165) is 16.6 Å². The van der Waals surface area contributed by atoms with Crippen molar-refractivity contribution in [3.05, 3.63) is 33.3 Å². The van der Waals surface area contributed by atoms with Crippen LogP contribution >= 0.6 is 39.9 Å². The molecule has 0 saturated carbocycles.